The van der Waals surface area contributed by atoms with Gasteiger partial charge in [-0.1, -0.05) is 37.3 Å². The predicted octanol–water partition coefficient (Wildman–Crippen LogP) is 2.35. The first-order chi connectivity index (χ1) is 12.0. The van der Waals surface area contributed by atoms with Crippen LogP contribution < -0.4 is 10.7 Å². The summed E-state index contributed by atoms with van der Waals surface area (Å²) < 4.78 is 0.615. The van der Waals surface area contributed by atoms with Crippen LogP contribution in [0, 0.1) is 0 Å². The average Bonchev–Trinajstić information content (AvgIpc) is 2.87. The van der Waals surface area contributed by atoms with Gasteiger partial charge in [0.1, 0.15) is 5.54 Å². The lowest BCUT2D eigenvalue weighted by Crippen LogP contribution is -2.48. The van der Waals surface area contributed by atoms with Gasteiger partial charge in [0.25, 0.3) is 11.8 Å². The molecular formula is C17H15BrN4O3. The SMILES string of the molecule is CC[C@@]1(c2ccccc2)NC(=O)N(NC(=O)c2cncc(Br)c2)C1=O. The number of pyridine rings is 1. The van der Waals surface area contributed by atoms with E-state index in [9.17, 15) is 14.4 Å². The molecule has 4 amide bonds. The number of halogens is 1. The number of nitrogens with one attached hydrogen (secondary N) is 2. The van der Waals surface area contributed by atoms with Crippen LogP contribution in [0.15, 0.2) is 53.3 Å². The van der Waals surface area contributed by atoms with Crippen molar-refractivity contribution in [3.8, 4) is 0 Å². The van der Waals surface area contributed by atoms with Crippen molar-refractivity contribution in [1.82, 2.24) is 20.7 Å². The summed E-state index contributed by atoms with van der Waals surface area (Å²) in [6.45, 7) is 1.80. The van der Waals surface area contributed by atoms with Crippen molar-refractivity contribution < 1.29 is 14.4 Å². The molecule has 0 bridgehead atoms. The molecule has 2 aromatic rings. The molecule has 1 aromatic carbocycles. The molecule has 128 valence electrons. The molecule has 1 aliphatic heterocycles. The summed E-state index contributed by atoms with van der Waals surface area (Å²) >= 11 is 3.22. The van der Waals surface area contributed by atoms with Gasteiger partial charge in [-0.3, -0.25) is 20.0 Å². The maximum absolute atomic E-state index is 12.9. The second kappa shape index (κ2) is 6.64. The van der Waals surface area contributed by atoms with Crippen molar-refractivity contribution >= 4 is 33.8 Å². The number of carbonyl (C=O) groups is 3. The average molecular weight is 403 g/mol. The summed E-state index contributed by atoms with van der Waals surface area (Å²) in [7, 11) is 0. The molecule has 1 fully saturated rings. The van der Waals surface area contributed by atoms with E-state index in [0.29, 0.717) is 16.5 Å². The molecule has 25 heavy (non-hydrogen) atoms. The van der Waals surface area contributed by atoms with Crippen LogP contribution in [-0.2, 0) is 10.3 Å². The Labute approximate surface area is 152 Å². The van der Waals surface area contributed by atoms with Gasteiger partial charge in [0.2, 0.25) is 0 Å². The number of carbonyl (C=O) groups excluding carboxylic acids is 3. The van der Waals surface area contributed by atoms with Gasteiger partial charge in [0.05, 0.1) is 5.56 Å². The highest BCUT2D eigenvalue weighted by molar-refractivity contribution is 9.10. The van der Waals surface area contributed by atoms with E-state index in [2.05, 4.69) is 31.7 Å². The number of imide groups is 1. The van der Waals surface area contributed by atoms with Gasteiger partial charge in [-0.25, -0.2) is 4.79 Å². The van der Waals surface area contributed by atoms with Crippen molar-refractivity contribution in [3.63, 3.8) is 0 Å². The Hall–Kier alpha value is -2.74. The van der Waals surface area contributed by atoms with Crippen molar-refractivity contribution in [3.05, 3.63) is 64.4 Å². The number of rotatable bonds is 4. The zero-order valence-electron chi connectivity index (χ0n) is 13.3. The highest BCUT2D eigenvalue weighted by Gasteiger charge is 2.52. The second-order valence-electron chi connectivity index (χ2n) is 5.53. The van der Waals surface area contributed by atoms with E-state index in [0.717, 1.165) is 5.01 Å². The standard InChI is InChI=1S/C17H15BrN4O3/c1-2-17(12-6-4-3-5-7-12)15(24)22(16(25)20-17)21-14(23)11-8-13(18)10-19-9-11/h3-10H,2H2,1H3,(H,20,25)(H,21,23)/t17-/m0/s1. The van der Waals surface area contributed by atoms with E-state index in [1.807, 2.05) is 6.07 Å². The van der Waals surface area contributed by atoms with Gasteiger partial charge in [-0.2, -0.15) is 5.01 Å². The van der Waals surface area contributed by atoms with Crippen LogP contribution in [0.2, 0.25) is 0 Å². The van der Waals surface area contributed by atoms with Crippen LogP contribution in [0.1, 0.15) is 29.3 Å². The van der Waals surface area contributed by atoms with E-state index in [1.165, 1.54) is 12.4 Å². The number of urea groups is 1. The summed E-state index contributed by atoms with van der Waals surface area (Å²) in [4.78, 5) is 41.5. The molecule has 0 saturated carbocycles. The Bertz CT molecular complexity index is 843. The lowest BCUT2D eigenvalue weighted by Gasteiger charge is -2.25. The van der Waals surface area contributed by atoms with Gasteiger partial charge >= 0.3 is 6.03 Å². The molecule has 0 spiro atoms. The number of hydrogen-bond donors (Lipinski definition) is 2. The topological polar surface area (TPSA) is 91.4 Å². The van der Waals surface area contributed by atoms with Crippen LogP contribution in [0.4, 0.5) is 4.79 Å². The second-order valence-corrected chi connectivity index (χ2v) is 6.44. The molecule has 2 heterocycles. The molecule has 0 unspecified atom stereocenters. The fourth-order valence-electron chi connectivity index (χ4n) is 2.74. The van der Waals surface area contributed by atoms with Crippen molar-refractivity contribution in [1.29, 1.82) is 0 Å². The fourth-order valence-corrected chi connectivity index (χ4v) is 3.11. The maximum Gasteiger partial charge on any atom is 0.344 e. The smallest absolute Gasteiger partial charge is 0.318 e. The number of aromatic nitrogens is 1. The number of hydrogen-bond acceptors (Lipinski definition) is 4. The lowest BCUT2D eigenvalue weighted by molar-refractivity contribution is -0.133. The molecule has 7 nitrogen and oxygen atoms in total. The van der Waals surface area contributed by atoms with Gasteiger partial charge in [0, 0.05) is 16.9 Å². The third-order valence-corrected chi connectivity index (χ3v) is 4.50. The Morgan fingerprint density at radius 3 is 2.64 bits per heavy atom. The third kappa shape index (κ3) is 3.00. The molecule has 0 aliphatic carbocycles. The maximum atomic E-state index is 12.9. The summed E-state index contributed by atoms with van der Waals surface area (Å²) in [5.41, 5.74) is 2.05. The Morgan fingerprint density at radius 2 is 2.00 bits per heavy atom. The Balaban J connectivity index is 1.87. The molecule has 0 radical (unpaired) electrons. The van der Waals surface area contributed by atoms with Crippen molar-refractivity contribution in [2.75, 3.05) is 0 Å². The zero-order chi connectivity index (χ0) is 18.0. The monoisotopic (exact) mass is 402 g/mol. The van der Waals surface area contributed by atoms with Crippen LogP contribution in [0.3, 0.4) is 0 Å². The third-order valence-electron chi connectivity index (χ3n) is 4.07. The molecule has 1 atom stereocenters. The molecule has 1 aromatic heterocycles. The lowest BCUT2D eigenvalue weighted by atomic mass is 9.87. The van der Waals surface area contributed by atoms with E-state index in [1.54, 1.807) is 37.3 Å². The number of benzene rings is 1. The van der Waals surface area contributed by atoms with Gasteiger partial charge in [-0.05, 0) is 34.0 Å². The number of amides is 4. The van der Waals surface area contributed by atoms with E-state index >= 15 is 0 Å². The van der Waals surface area contributed by atoms with Gasteiger partial charge in [0.15, 0.2) is 0 Å². The minimum Gasteiger partial charge on any atom is -0.318 e. The molecule has 8 heteroatoms. The quantitative estimate of drug-likeness (QED) is 0.767. The van der Waals surface area contributed by atoms with Crippen molar-refractivity contribution in [2.24, 2.45) is 0 Å². The van der Waals surface area contributed by atoms with Crippen LogP contribution >= 0.6 is 15.9 Å². The highest BCUT2D eigenvalue weighted by atomic mass is 79.9. The normalized spacial score (nSPS) is 19.7. The van der Waals surface area contributed by atoms with Gasteiger partial charge < -0.3 is 5.32 Å². The first kappa shape index (κ1) is 17.1. The first-order valence-electron chi connectivity index (χ1n) is 7.61. The summed E-state index contributed by atoms with van der Waals surface area (Å²) in [5, 5.41) is 3.42. The minimum atomic E-state index is -1.19. The van der Waals surface area contributed by atoms with E-state index < -0.39 is 23.4 Å². The number of hydrazine groups is 1. The van der Waals surface area contributed by atoms with Crippen molar-refractivity contribution in [2.45, 2.75) is 18.9 Å². The first-order valence-corrected chi connectivity index (χ1v) is 8.41. The summed E-state index contributed by atoms with van der Waals surface area (Å²) in [6.07, 6.45) is 3.23. The molecule has 3 rings (SSSR count). The van der Waals surface area contributed by atoms with E-state index in [-0.39, 0.29) is 5.56 Å². The summed E-state index contributed by atoms with van der Waals surface area (Å²) in [6, 6.07) is 9.82. The molecular weight excluding hydrogens is 388 g/mol. The van der Waals surface area contributed by atoms with Crippen LogP contribution in [0.5, 0.6) is 0 Å². The Kier molecular flexibility index (Phi) is 4.54. The molecule has 1 saturated heterocycles. The minimum absolute atomic E-state index is 0.226. The largest absolute Gasteiger partial charge is 0.344 e. The van der Waals surface area contributed by atoms with Crippen LogP contribution in [-0.4, -0.2) is 27.8 Å². The number of nitrogens with zero attached hydrogens (tertiary/aromatic N) is 2. The van der Waals surface area contributed by atoms with Gasteiger partial charge in [-0.15, -0.1) is 0 Å². The molecule has 1 aliphatic rings. The predicted molar refractivity (Wildman–Crippen MR) is 93.2 cm³/mol. The molecule has 2 N–H and O–H groups in total. The van der Waals surface area contributed by atoms with Crippen LogP contribution in [0.25, 0.3) is 0 Å². The van der Waals surface area contributed by atoms with E-state index in [4.69, 9.17) is 0 Å². The highest BCUT2D eigenvalue weighted by Crippen LogP contribution is 2.31. The fraction of sp³-hybridized carbons (Fsp3) is 0.176. The zero-order valence-corrected chi connectivity index (χ0v) is 14.9. The summed E-state index contributed by atoms with van der Waals surface area (Å²) in [5.74, 6) is -1.13. The Morgan fingerprint density at radius 1 is 1.28 bits per heavy atom.